The van der Waals surface area contributed by atoms with E-state index in [4.69, 9.17) is 0 Å². The Balaban J connectivity index is 1.56. The van der Waals surface area contributed by atoms with Gasteiger partial charge in [-0.15, -0.1) is 45.3 Å². The molecule has 144 valence electrons. The minimum Gasteiger partial charge on any atom is -0.140 e. The minimum absolute atomic E-state index is 0.288. The summed E-state index contributed by atoms with van der Waals surface area (Å²) >= 11 is 7.60. The predicted octanol–water partition coefficient (Wildman–Crippen LogP) is 9.06. The zero-order chi connectivity index (χ0) is 19.8. The van der Waals surface area contributed by atoms with Crippen LogP contribution >= 0.6 is 45.3 Å². The quantitative estimate of drug-likeness (QED) is 0.251. The molecule has 0 fully saturated rings. The highest BCUT2D eigenvalue weighted by atomic mass is 32.1. The second-order valence-electron chi connectivity index (χ2n) is 7.07. The summed E-state index contributed by atoms with van der Waals surface area (Å²) in [6, 6.07) is 29.0. The highest BCUT2D eigenvalue weighted by Gasteiger charge is 2.21. The van der Waals surface area contributed by atoms with Gasteiger partial charge in [0.25, 0.3) is 0 Å². The molecular formula is C25H20S4. The number of hydrogen-bond acceptors (Lipinski definition) is 4. The fourth-order valence-corrected chi connectivity index (χ4v) is 7.83. The molecule has 0 amide bonds. The molecule has 4 aromatic heterocycles. The highest BCUT2D eigenvalue weighted by Crippen LogP contribution is 2.44. The Hall–Kier alpha value is -1.98. The molecule has 0 bridgehead atoms. The van der Waals surface area contributed by atoms with E-state index in [0.29, 0.717) is 0 Å². The Kier molecular flexibility index (Phi) is 5.27. The molecule has 0 N–H and O–H groups in total. The monoisotopic (exact) mass is 448 g/mol. The second-order valence-corrected chi connectivity index (χ2v) is 11.9. The Labute approximate surface area is 187 Å². The number of benzene rings is 1. The van der Waals surface area contributed by atoms with E-state index in [1.807, 2.05) is 45.3 Å². The summed E-state index contributed by atoms with van der Waals surface area (Å²) in [5.74, 6) is 0.288. The van der Waals surface area contributed by atoms with Crippen LogP contribution in [0, 0.1) is 13.8 Å². The first-order valence-corrected chi connectivity index (χ1v) is 12.8. The molecule has 29 heavy (non-hydrogen) atoms. The van der Waals surface area contributed by atoms with Gasteiger partial charge in [-0.05, 0) is 67.9 Å². The van der Waals surface area contributed by atoms with E-state index in [9.17, 15) is 0 Å². The summed E-state index contributed by atoms with van der Waals surface area (Å²) in [4.78, 5) is 11.0. The summed E-state index contributed by atoms with van der Waals surface area (Å²) < 4.78 is 0. The standard InChI is InChI=1S/C25H20S4/c1-16-8-10-19(26-16)21-12-14-23(28-21)25(18-6-4-3-5-7-18)24-15-13-22(29-24)20-11-9-17(2)27-20/h3-15,25H,1-2H3. The zero-order valence-electron chi connectivity index (χ0n) is 16.2. The van der Waals surface area contributed by atoms with Crippen LogP contribution in [0.25, 0.3) is 19.5 Å². The molecule has 0 aliphatic carbocycles. The Morgan fingerprint density at radius 3 is 1.38 bits per heavy atom. The van der Waals surface area contributed by atoms with Crippen LogP contribution in [0.4, 0.5) is 0 Å². The Morgan fingerprint density at radius 2 is 0.931 bits per heavy atom. The maximum absolute atomic E-state index is 2.32. The van der Waals surface area contributed by atoms with E-state index in [0.717, 1.165) is 0 Å². The molecule has 0 atom stereocenters. The van der Waals surface area contributed by atoms with Crippen molar-refractivity contribution in [2.75, 3.05) is 0 Å². The SMILES string of the molecule is Cc1ccc(-c2ccc(C(c3ccccc3)c3ccc(-c4ccc(C)s4)s3)s2)s1. The average Bonchev–Trinajstić information content (AvgIpc) is 3.50. The van der Waals surface area contributed by atoms with Crippen molar-refractivity contribution in [2.24, 2.45) is 0 Å². The first-order valence-electron chi connectivity index (χ1n) is 9.55. The van der Waals surface area contributed by atoms with Crippen LogP contribution in [0.1, 0.15) is 31.0 Å². The van der Waals surface area contributed by atoms with Crippen molar-refractivity contribution in [2.45, 2.75) is 19.8 Å². The van der Waals surface area contributed by atoms with Crippen LogP contribution < -0.4 is 0 Å². The van der Waals surface area contributed by atoms with Gasteiger partial charge in [-0.2, -0.15) is 0 Å². The van der Waals surface area contributed by atoms with Crippen LogP contribution in [0.3, 0.4) is 0 Å². The number of aryl methyl sites for hydroxylation is 2. The smallest absolute Gasteiger partial charge is 0.0528 e. The molecule has 1 aromatic carbocycles. The van der Waals surface area contributed by atoms with Crippen molar-refractivity contribution in [3.63, 3.8) is 0 Å². The van der Waals surface area contributed by atoms with Gasteiger partial charge in [0.05, 0.1) is 5.92 Å². The van der Waals surface area contributed by atoms with E-state index in [1.165, 1.54) is 44.6 Å². The molecule has 5 rings (SSSR count). The maximum atomic E-state index is 2.32. The molecule has 4 heteroatoms. The van der Waals surface area contributed by atoms with E-state index in [2.05, 4.69) is 92.7 Å². The lowest BCUT2D eigenvalue weighted by atomic mass is 9.96. The summed E-state index contributed by atoms with van der Waals surface area (Å²) in [5, 5.41) is 0. The molecule has 0 saturated carbocycles. The second kappa shape index (κ2) is 8.04. The molecule has 0 spiro atoms. The minimum atomic E-state index is 0.288. The third kappa shape index (κ3) is 3.90. The summed E-state index contributed by atoms with van der Waals surface area (Å²) in [6.07, 6.45) is 0. The van der Waals surface area contributed by atoms with Gasteiger partial charge in [-0.25, -0.2) is 0 Å². The van der Waals surface area contributed by atoms with Crippen molar-refractivity contribution in [3.05, 3.63) is 104 Å². The lowest BCUT2D eigenvalue weighted by Gasteiger charge is -2.14. The van der Waals surface area contributed by atoms with E-state index >= 15 is 0 Å². The zero-order valence-corrected chi connectivity index (χ0v) is 19.5. The Bertz CT molecular complexity index is 1150. The van der Waals surface area contributed by atoms with Crippen molar-refractivity contribution in [3.8, 4) is 19.5 Å². The highest BCUT2D eigenvalue weighted by molar-refractivity contribution is 7.23. The lowest BCUT2D eigenvalue weighted by molar-refractivity contribution is 1.04. The number of hydrogen-bond donors (Lipinski definition) is 0. The third-order valence-corrected chi connectivity index (χ3v) is 9.62. The van der Waals surface area contributed by atoms with Gasteiger partial charge in [0.1, 0.15) is 0 Å². The summed E-state index contributed by atoms with van der Waals surface area (Å²) in [5.41, 5.74) is 1.36. The number of thiophene rings is 4. The van der Waals surface area contributed by atoms with Gasteiger partial charge < -0.3 is 0 Å². The molecule has 0 aliphatic rings. The topological polar surface area (TPSA) is 0 Å². The van der Waals surface area contributed by atoms with E-state index < -0.39 is 0 Å². The summed E-state index contributed by atoms with van der Waals surface area (Å²) in [7, 11) is 0. The van der Waals surface area contributed by atoms with Gasteiger partial charge in [0, 0.05) is 39.0 Å². The van der Waals surface area contributed by atoms with Gasteiger partial charge in [0.15, 0.2) is 0 Å². The van der Waals surface area contributed by atoms with Crippen molar-refractivity contribution in [1.29, 1.82) is 0 Å². The van der Waals surface area contributed by atoms with Gasteiger partial charge in [-0.3, -0.25) is 0 Å². The van der Waals surface area contributed by atoms with Crippen LogP contribution in [-0.4, -0.2) is 0 Å². The molecule has 0 aliphatic heterocycles. The molecule has 0 radical (unpaired) electrons. The van der Waals surface area contributed by atoms with Gasteiger partial charge >= 0.3 is 0 Å². The Morgan fingerprint density at radius 1 is 0.483 bits per heavy atom. The number of rotatable bonds is 5. The fraction of sp³-hybridized carbons (Fsp3) is 0.120. The summed E-state index contributed by atoms with van der Waals surface area (Å²) in [6.45, 7) is 4.35. The molecule has 4 heterocycles. The predicted molar refractivity (Wildman–Crippen MR) is 132 cm³/mol. The van der Waals surface area contributed by atoms with Crippen LogP contribution in [0.15, 0.2) is 78.9 Å². The van der Waals surface area contributed by atoms with Crippen molar-refractivity contribution in [1.82, 2.24) is 0 Å². The van der Waals surface area contributed by atoms with Crippen LogP contribution in [0.5, 0.6) is 0 Å². The largest absolute Gasteiger partial charge is 0.140 e. The molecule has 0 saturated heterocycles. The van der Waals surface area contributed by atoms with E-state index in [-0.39, 0.29) is 5.92 Å². The molecule has 5 aromatic rings. The maximum Gasteiger partial charge on any atom is 0.0528 e. The molecule has 0 nitrogen and oxygen atoms in total. The van der Waals surface area contributed by atoms with Gasteiger partial charge in [0.2, 0.25) is 0 Å². The average molecular weight is 449 g/mol. The first-order chi connectivity index (χ1) is 14.2. The van der Waals surface area contributed by atoms with Gasteiger partial charge in [-0.1, -0.05) is 30.3 Å². The fourth-order valence-electron chi connectivity index (χ4n) is 3.53. The third-order valence-electron chi connectivity index (χ3n) is 4.92. The van der Waals surface area contributed by atoms with Crippen molar-refractivity contribution >= 4 is 45.3 Å². The molecule has 0 unspecified atom stereocenters. The normalized spacial score (nSPS) is 11.4. The van der Waals surface area contributed by atoms with E-state index in [1.54, 1.807) is 0 Å². The first kappa shape index (κ1) is 19.0. The van der Waals surface area contributed by atoms with Crippen molar-refractivity contribution < 1.29 is 0 Å². The molecular weight excluding hydrogens is 429 g/mol. The van der Waals surface area contributed by atoms with Crippen LogP contribution in [-0.2, 0) is 0 Å². The van der Waals surface area contributed by atoms with Crippen LogP contribution in [0.2, 0.25) is 0 Å². The lowest BCUT2D eigenvalue weighted by Crippen LogP contribution is -1.98.